The number of benzene rings is 8. The van der Waals surface area contributed by atoms with Gasteiger partial charge in [-0.1, -0.05) is 203 Å². The molecule has 0 unspecified atom stereocenters. The summed E-state index contributed by atoms with van der Waals surface area (Å²) in [6.45, 7) is 41.7. The maximum absolute atomic E-state index is 7.26. The highest BCUT2D eigenvalue weighted by molar-refractivity contribution is 7.00. The van der Waals surface area contributed by atoms with Gasteiger partial charge in [0.25, 0.3) is 6.71 Å². The zero-order valence-corrected chi connectivity index (χ0v) is 49.3. The van der Waals surface area contributed by atoms with E-state index in [0.29, 0.717) is 0 Å². The Labute approximate surface area is 461 Å². The van der Waals surface area contributed by atoms with Gasteiger partial charge in [0.2, 0.25) is 0 Å². The fourth-order valence-corrected chi connectivity index (χ4v) is 11.8. The third kappa shape index (κ3) is 9.16. The molecule has 0 fully saturated rings. The molecule has 0 radical (unpaired) electrons. The van der Waals surface area contributed by atoms with E-state index in [1.165, 1.54) is 66.8 Å². The molecule has 3 heterocycles. The number of hydrogen-bond acceptors (Lipinski definition) is 4. The molecule has 0 saturated heterocycles. The van der Waals surface area contributed by atoms with Crippen LogP contribution >= 0.6 is 0 Å². The Morgan fingerprint density at radius 3 is 1.22 bits per heavy atom. The number of anilines is 9. The smallest absolute Gasteiger partial charge is 0.252 e. The summed E-state index contributed by atoms with van der Waals surface area (Å²) in [5.74, 6) is 0. The summed E-state index contributed by atoms with van der Waals surface area (Å²) in [4.78, 5) is 7.62. The van der Waals surface area contributed by atoms with Gasteiger partial charge in [0.15, 0.2) is 5.58 Å². The van der Waals surface area contributed by atoms with Crippen LogP contribution in [0.5, 0.6) is 0 Å². The van der Waals surface area contributed by atoms with Crippen molar-refractivity contribution >= 4 is 96.2 Å². The van der Waals surface area contributed by atoms with Crippen molar-refractivity contribution in [2.45, 2.75) is 157 Å². The van der Waals surface area contributed by atoms with Crippen LogP contribution in [0.3, 0.4) is 0 Å². The predicted molar refractivity (Wildman–Crippen MR) is 335 cm³/mol. The highest BCUT2D eigenvalue weighted by Crippen LogP contribution is 2.51. The van der Waals surface area contributed by atoms with Crippen molar-refractivity contribution in [2.24, 2.45) is 0 Å². The molecule has 2 aliphatic rings. The second kappa shape index (κ2) is 17.8. The molecule has 11 rings (SSSR count). The molecule has 0 bridgehead atoms. The van der Waals surface area contributed by atoms with Crippen LogP contribution in [0.25, 0.3) is 21.9 Å². The summed E-state index contributed by atoms with van der Waals surface area (Å²) in [5, 5.41) is 2.17. The highest BCUT2D eigenvalue weighted by Gasteiger charge is 2.46. The Kier molecular flexibility index (Phi) is 12.0. The summed E-state index contributed by atoms with van der Waals surface area (Å²) in [7, 11) is 0. The van der Waals surface area contributed by atoms with Gasteiger partial charge in [-0.05, 0) is 161 Å². The van der Waals surface area contributed by atoms with Gasteiger partial charge in [-0.2, -0.15) is 0 Å². The Morgan fingerprint density at radius 2 is 0.753 bits per heavy atom. The molecule has 2 aliphatic heterocycles. The Balaban J connectivity index is 1.27. The number of fused-ring (bicyclic) bond motifs is 7. The summed E-state index contributed by atoms with van der Waals surface area (Å²) >= 11 is 0. The minimum atomic E-state index is -0.188. The fourth-order valence-electron chi connectivity index (χ4n) is 11.8. The van der Waals surface area contributed by atoms with Crippen LogP contribution in [-0.4, -0.2) is 6.71 Å². The number of rotatable bonds is 5. The minimum Gasteiger partial charge on any atom is -0.454 e. The minimum absolute atomic E-state index is 0.00683. The van der Waals surface area contributed by atoms with Crippen molar-refractivity contribution in [3.63, 3.8) is 0 Å². The van der Waals surface area contributed by atoms with E-state index in [9.17, 15) is 0 Å². The molecule has 0 aliphatic carbocycles. The molecule has 1 aromatic heterocycles. The van der Waals surface area contributed by atoms with E-state index in [0.717, 1.165) is 56.1 Å². The lowest BCUT2D eigenvalue weighted by Gasteiger charge is -2.45. The molecule has 0 saturated carbocycles. The van der Waals surface area contributed by atoms with Crippen LogP contribution in [0.15, 0.2) is 162 Å². The predicted octanol–water partition coefficient (Wildman–Crippen LogP) is 18.9. The number of hydrogen-bond donors (Lipinski definition) is 0. The zero-order valence-electron chi connectivity index (χ0n) is 49.3. The number of para-hydroxylation sites is 1. The van der Waals surface area contributed by atoms with Crippen LogP contribution in [-0.2, 0) is 32.5 Å². The molecule has 0 amide bonds. The fraction of sp³-hybridized carbons (Fsp3) is 0.333. The van der Waals surface area contributed by atoms with Gasteiger partial charge in [0, 0.05) is 56.3 Å². The highest BCUT2D eigenvalue weighted by atomic mass is 16.3. The van der Waals surface area contributed by atoms with Crippen molar-refractivity contribution in [2.75, 3.05) is 14.7 Å². The molecule has 0 N–H and O–H groups in total. The van der Waals surface area contributed by atoms with Gasteiger partial charge in [-0.25, -0.2) is 0 Å². The van der Waals surface area contributed by atoms with E-state index in [1.807, 2.05) is 0 Å². The molecule has 77 heavy (non-hydrogen) atoms. The Morgan fingerprint density at radius 1 is 0.338 bits per heavy atom. The third-order valence-electron chi connectivity index (χ3n) is 16.6. The average Bonchev–Trinajstić information content (AvgIpc) is 3.74. The summed E-state index contributed by atoms with van der Waals surface area (Å²) < 4.78 is 7.26. The molecule has 4 nitrogen and oxygen atoms in total. The lowest BCUT2D eigenvalue weighted by molar-refractivity contribution is 0.589. The first-order valence-electron chi connectivity index (χ1n) is 28.1. The van der Waals surface area contributed by atoms with Gasteiger partial charge in [-0.15, -0.1) is 0 Å². The van der Waals surface area contributed by atoms with E-state index in [2.05, 4.69) is 297 Å². The molecule has 8 aromatic carbocycles. The van der Waals surface area contributed by atoms with Gasteiger partial charge < -0.3 is 19.1 Å². The second-order valence-electron chi connectivity index (χ2n) is 28.5. The zero-order chi connectivity index (χ0) is 55.1. The van der Waals surface area contributed by atoms with Gasteiger partial charge in [-0.3, -0.25) is 0 Å². The lowest BCUT2D eigenvalue weighted by atomic mass is 9.33. The molecular formula is C72H80BN3O. The summed E-state index contributed by atoms with van der Waals surface area (Å²) in [6, 6.07) is 60.9. The SMILES string of the molecule is CC(C)(C)c1ccc(N(c2ccc(C(C)(C)C)cc2)c2cc(N3c4ccc(C(C)(C)C)cc4B4c5cc(C(C)(C)C)ccc5N(c5ccc(C(C)(C)C)cc5)c5cc(C(C)(C)C)cc3c54)c3oc4ccccc4c3c2)cc1. The lowest BCUT2D eigenvalue weighted by Crippen LogP contribution is -2.61. The maximum atomic E-state index is 7.26. The third-order valence-corrected chi connectivity index (χ3v) is 16.6. The number of furan rings is 1. The first-order valence-corrected chi connectivity index (χ1v) is 28.1. The van der Waals surface area contributed by atoms with E-state index in [1.54, 1.807) is 0 Å². The van der Waals surface area contributed by atoms with Crippen molar-refractivity contribution in [1.29, 1.82) is 0 Å². The van der Waals surface area contributed by atoms with E-state index in [4.69, 9.17) is 4.42 Å². The summed E-state index contributed by atoms with van der Waals surface area (Å²) in [5.41, 5.74) is 23.4. The Bertz CT molecular complexity index is 3680. The average molecular weight is 1010 g/mol. The van der Waals surface area contributed by atoms with Gasteiger partial charge >= 0.3 is 0 Å². The monoisotopic (exact) mass is 1010 g/mol. The first-order chi connectivity index (χ1) is 36.0. The quantitative estimate of drug-likeness (QED) is 0.160. The van der Waals surface area contributed by atoms with Crippen LogP contribution in [0.4, 0.5) is 51.2 Å². The van der Waals surface area contributed by atoms with Crippen molar-refractivity contribution in [3.8, 4) is 0 Å². The largest absolute Gasteiger partial charge is 0.454 e. The van der Waals surface area contributed by atoms with E-state index in [-0.39, 0.29) is 39.2 Å². The normalized spacial score (nSPS) is 14.0. The Hall–Kier alpha value is -6.98. The van der Waals surface area contributed by atoms with Crippen molar-refractivity contribution in [3.05, 3.63) is 191 Å². The standard InChI is InChI=1S/C72H80BN3O/c1-67(2,3)45-23-31-51(32-24-45)74(52-33-25-46(26-34-52)68(4,5)6)54-43-56-55-21-19-20-22-64(55)77-66(56)63(44-54)76-60-38-30-49(71(13,14)15)40-58(60)73-57-39-48(70(10,11)12)29-37-59(57)75(53-35-27-47(28-36-53)69(7,8)9)61-41-50(72(16,17)18)42-62(76)65(61)73/h19-44H,1-18H3. The van der Waals surface area contributed by atoms with Crippen LogP contribution < -0.4 is 31.1 Å². The molecule has 0 spiro atoms. The first kappa shape index (κ1) is 52.1. The second-order valence-corrected chi connectivity index (χ2v) is 28.5. The van der Waals surface area contributed by atoms with Gasteiger partial charge in [0.05, 0.1) is 5.69 Å². The van der Waals surface area contributed by atoms with Crippen molar-refractivity contribution < 1.29 is 4.42 Å². The summed E-state index contributed by atoms with van der Waals surface area (Å²) in [6.07, 6.45) is 0. The van der Waals surface area contributed by atoms with E-state index >= 15 is 0 Å². The van der Waals surface area contributed by atoms with Crippen LogP contribution in [0, 0.1) is 0 Å². The van der Waals surface area contributed by atoms with Crippen molar-refractivity contribution in [1.82, 2.24) is 0 Å². The van der Waals surface area contributed by atoms with Crippen LogP contribution in [0.2, 0.25) is 0 Å². The van der Waals surface area contributed by atoms with E-state index < -0.39 is 0 Å². The molecule has 5 heteroatoms. The van der Waals surface area contributed by atoms with Gasteiger partial charge in [0.1, 0.15) is 5.58 Å². The van der Waals surface area contributed by atoms with Crippen LogP contribution in [0.1, 0.15) is 158 Å². The molecular weight excluding hydrogens is 934 g/mol. The number of nitrogens with zero attached hydrogens (tertiary/aromatic N) is 3. The molecule has 0 atom stereocenters. The molecule has 9 aromatic rings. The topological polar surface area (TPSA) is 22.9 Å². The molecule has 392 valence electrons. The maximum Gasteiger partial charge on any atom is 0.252 e.